The average molecular weight is 223 g/mol. The first-order valence-electron chi connectivity index (χ1n) is 7.36. The Bertz CT molecular complexity index is 215. The third-order valence-electron chi connectivity index (χ3n) is 5.42. The highest BCUT2D eigenvalue weighted by Gasteiger charge is 2.46. The lowest BCUT2D eigenvalue weighted by Crippen LogP contribution is -2.40. The van der Waals surface area contributed by atoms with Crippen LogP contribution in [0.1, 0.15) is 58.8 Å². The molecule has 2 aliphatic rings. The Kier molecular flexibility index (Phi) is 3.94. The van der Waals surface area contributed by atoms with Crippen LogP contribution in [-0.2, 0) is 0 Å². The fraction of sp³-hybridized carbons (Fsp3) is 1.00. The molecule has 0 aromatic rings. The van der Waals surface area contributed by atoms with Gasteiger partial charge in [0, 0.05) is 0 Å². The molecule has 1 saturated carbocycles. The molecular weight excluding hydrogens is 194 g/mol. The zero-order valence-electron chi connectivity index (χ0n) is 11.5. The van der Waals surface area contributed by atoms with Crippen molar-refractivity contribution >= 4 is 0 Å². The summed E-state index contributed by atoms with van der Waals surface area (Å²) < 4.78 is 0. The second-order valence-electron chi connectivity index (χ2n) is 6.43. The quantitative estimate of drug-likeness (QED) is 0.700. The van der Waals surface area contributed by atoms with Gasteiger partial charge in [0.15, 0.2) is 0 Å². The van der Waals surface area contributed by atoms with Gasteiger partial charge in [0.25, 0.3) is 0 Å². The number of unbranched alkanes of at least 4 members (excludes halogenated alkanes) is 1. The van der Waals surface area contributed by atoms with E-state index in [0.717, 1.165) is 17.3 Å². The molecule has 1 aliphatic heterocycles. The third-order valence-corrected chi connectivity index (χ3v) is 5.42. The maximum atomic E-state index is 2.52. The molecule has 2 unspecified atom stereocenters. The summed E-state index contributed by atoms with van der Waals surface area (Å²) in [6, 6.07) is 0. The molecular formula is C15H29N. The van der Waals surface area contributed by atoms with Crippen molar-refractivity contribution in [3.8, 4) is 0 Å². The summed E-state index contributed by atoms with van der Waals surface area (Å²) in [5.41, 5.74) is 0.751. The second-order valence-corrected chi connectivity index (χ2v) is 6.43. The van der Waals surface area contributed by atoms with E-state index in [-0.39, 0.29) is 0 Å². The van der Waals surface area contributed by atoms with Gasteiger partial charge in [-0.3, -0.25) is 0 Å². The van der Waals surface area contributed by atoms with E-state index in [4.69, 9.17) is 0 Å². The van der Waals surface area contributed by atoms with Gasteiger partial charge in [0.2, 0.25) is 0 Å². The maximum absolute atomic E-state index is 2.52. The van der Waals surface area contributed by atoms with Crippen molar-refractivity contribution in [2.45, 2.75) is 58.8 Å². The van der Waals surface area contributed by atoms with Crippen LogP contribution in [0.2, 0.25) is 0 Å². The van der Waals surface area contributed by atoms with E-state index in [0.29, 0.717) is 0 Å². The molecule has 0 aromatic heterocycles. The second kappa shape index (κ2) is 5.08. The number of nitrogens with zero attached hydrogens (tertiary/aromatic N) is 1. The highest BCUT2D eigenvalue weighted by Crippen LogP contribution is 2.54. The minimum atomic E-state index is 0.751. The first-order chi connectivity index (χ1) is 7.68. The summed E-state index contributed by atoms with van der Waals surface area (Å²) in [5.74, 6) is 2.04. The standard InChI is InChI=1S/C15H29N/c1-4-5-6-14-13(2)7-8-15(14)9-11-16(3)12-10-15/h13-14H,4-12H2,1-3H3. The predicted octanol–water partition coefficient (Wildman–Crippen LogP) is 3.93. The molecule has 2 fully saturated rings. The summed E-state index contributed by atoms with van der Waals surface area (Å²) in [5, 5.41) is 0. The summed E-state index contributed by atoms with van der Waals surface area (Å²) >= 11 is 0. The molecule has 1 aliphatic carbocycles. The minimum Gasteiger partial charge on any atom is -0.306 e. The fourth-order valence-electron chi connectivity index (χ4n) is 4.20. The van der Waals surface area contributed by atoms with Crippen molar-refractivity contribution in [3.63, 3.8) is 0 Å². The molecule has 1 saturated heterocycles. The van der Waals surface area contributed by atoms with E-state index in [1.165, 1.54) is 58.0 Å². The Morgan fingerprint density at radius 1 is 1.19 bits per heavy atom. The number of rotatable bonds is 3. The van der Waals surface area contributed by atoms with Crippen LogP contribution < -0.4 is 0 Å². The molecule has 0 aromatic carbocycles. The molecule has 1 heterocycles. The predicted molar refractivity (Wildman–Crippen MR) is 70.6 cm³/mol. The van der Waals surface area contributed by atoms with Gasteiger partial charge in [-0.25, -0.2) is 0 Å². The van der Waals surface area contributed by atoms with Crippen LogP contribution in [0.25, 0.3) is 0 Å². The van der Waals surface area contributed by atoms with Crippen LogP contribution in [0.4, 0.5) is 0 Å². The van der Waals surface area contributed by atoms with Crippen molar-refractivity contribution < 1.29 is 0 Å². The first-order valence-corrected chi connectivity index (χ1v) is 7.36. The van der Waals surface area contributed by atoms with Gasteiger partial charge in [-0.1, -0.05) is 26.7 Å². The molecule has 0 amide bonds. The first kappa shape index (κ1) is 12.4. The van der Waals surface area contributed by atoms with Crippen LogP contribution >= 0.6 is 0 Å². The smallest absolute Gasteiger partial charge is 0.00164 e. The van der Waals surface area contributed by atoms with E-state index in [1.807, 2.05) is 0 Å². The Labute approximate surface area is 102 Å². The highest BCUT2D eigenvalue weighted by atomic mass is 15.1. The van der Waals surface area contributed by atoms with Crippen molar-refractivity contribution in [1.29, 1.82) is 0 Å². The molecule has 2 atom stereocenters. The van der Waals surface area contributed by atoms with Crippen LogP contribution in [0.3, 0.4) is 0 Å². The molecule has 94 valence electrons. The maximum Gasteiger partial charge on any atom is -0.00164 e. The lowest BCUT2D eigenvalue weighted by Gasteiger charge is -2.43. The van der Waals surface area contributed by atoms with Gasteiger partial charge in [0.1, 0.15) is 0 Å². The van der Waals surface area contributed by atoms with Crippen LogP contribution in [0.15, 0.2) is 0 Å². The van der Waals surface area contributed by atoms with E-state index < -0.39 is 0 Å². The third kappa shape index (κ3) is 2.30. The van der Waals surface area contributed by atoms with E-state index in [9.17, 15) is 0 Å². The summed E-state index contributed by atoms with van der Waals surface area (Å²) in [7, 11) is 2.28. The van der Waals surface area contributed by atoms with Gasteiger partial charge in [-0.05, 0) is 69.5 Å². The zero-order chi connectivity index (χ0) is 11.6. The molecule has 0 N–H and O–H groups in total. The summed E-state index contributed by atoms with van der Waals surface area (Å²) in [4.78, 5) is 2.52. The Morgan fingerprint density at radius 3 is 2.50 bits per heavy atom. The number of hydrogen-bond donors (Lipinski definition) is 0. The molecule has 2 rings (SSSR count). The van der Waals surface area contributed by atoms with Crippen LogP contribution in [0.5, 0.6) is 0 Å². The van der Waals surface area contributed by atoms with Gasteiger partial charge in [-0.2, -0.15) is 0 Å². The van der Waals surface area contributed by atoms with Crippen molar-refractivity contribution in [2.75, 3.05) is 20.1 Å². The Morgan fingerprint density at radius 2 is 1.88 bits per heavy atom. The Balaban J connectivity index is 2.01. The zero-order valence-corrected chi connectivity index (χ0v) is 11.5. The van der Waals surface area contributed by atoms with Gasteiger partial charge < -0.3 is 4.90 Å². The van der Waals surface area contributed by atoms with Crippen molar-refractivity contribution in [1.82, 2.24) is 4.90 Å². The molecule has 1 heteroatoms. The van der Waals surface area contributed by atoms with Crippen molar-refractivity contribution in [3.05, 3.63) is 0 Å². The molecule has 1 nitrogen and oxygen atoms in total. The molecule has 1 spiro atoms. The number of piperidine rings is 1. The fourth-order valence-corrected chi connectivity index (χ4v) is 4.20. The highest BCUT2D eigenvalue weighted by molar-refractivity contribution is 4.97. The van der Waals surface area contributed by atoms with Gasteiger partial charge in [0.05, 0.1) is 0 Å². The monoisotopic (exact) mass is 223 g/mol. The largest absolute Gasteiger partial charge is 0.306 e. The van der Waals surface area contributed by atoms with Crippen LogP contribution in [-0.4, -0.2) is 25.0 Å². The molecule has 0 radical (unpaired) electrons. The minimum absolute atomic E-state index is 0.751. The van der Waals surface area contributed by atoms with Gasteiger partial charge >= 0.3 is 0 Å². The van der Waals surface area contributed by atoms with E-state index in [2.05, 4.69) is 25.8 Å². The van der Waals surface area contributed by atoms with Gasteiger partial charge in [-0.15, -0.1) is 0 Å². The average Bonchev–Trinajstić information content (AvgIpc) is 2.58. The SMILES string of the molecule is CCCCC1C(C)CCC12CCN(C)CC2. The normalized spacial score (nSPS) is 34.7. The molecule has 16 heavy (non-hydrogen) atoms. The molecule has 0 bridgehead atoms. The Hall–Kier alpha value is -0.0400. The number of likely N-dealkylation sites (tertiary alicyclic amines) is 1. The summed E-state index contributed by atoms with van der Waals surface area (Å²) in [6.07, 6.45) is 10.3. The van der Waals surface area contributed by atoms with E-state index in [1.54, 1.807) is 0 Å². The van der Waals surface area contributed by atoms with E-state index >= 15 is 0 Å². The van der Waals surface area contributed by atoms with Crippen LogP contribution in [0, 0.1) is 17.3 Å². The number of hydrogen-bond acceptors (Lipinski definition) is 1. The summed E-state index contributed by atoms with van der Waals surface area (Å²) in [6.45, 7) is 7.53. The van der Waals surface area contributed by atoms with Crippen molar-refractivity contribution in [2.24, 2.45) is 17.3 Å². The lowest BCUT2D eigenvalue weighted by atomic mass is 9.67. The topological polar surface area (TPSA) is 3.24 Å². The lowest BCUT2D eigenvalue weighted by molar-refractivity contribution is 0.0648.